The third kappa shape index (κ3) is 3.71. The van der Waals surface area contributed by atoms with Gasteiger partial charge in [-0.15, -0.1) is 0 Å². The average molecular weight is 268 g/mol. The molecule has 2 amide bonds. The Morgan fingerprint density at radius 3 is 2.26 bits per heavy atom. The maximum Gasteiger partial charge on any atom is 0.245 e. The largest absolute Gasteiger partial charge is 0.343 e. The zero-order valence-electron chi connectivity index (χ0n) is 12.7. The quantitative estimate of drug-likeness (QED) is 0.770. The molecule has 0 aromatic heterocycles. The van der Waals surface area contributed by atoms with Gasteiger partial charge in [0.1, 0.15) is 12.1 Å². The molecule has 110 valence electrons. The predicted octanol–water partition coefficient (Wildman–Crippen LogP) is 2.33. The Morgan fingerprint density at radius 2 is 1.79 bits per heavy atom. The third-order valence-corrected chi connectivity index (χ3v) is 4.15. The van der Waals surface area contributed by atoms with Crippen molar-refractivity contribution >= 4 is 11.8 Å². The van der Waals surface area contributed by atoms with Crippen molar-refractivity contribution < 1.29 is 9.59 Å². The Kier molecular flexibility index (Phi) is 6.32. The van der Waals surface area contributed by atoms with Gasteiger partial charge in [0, 0.05) is 6.54 Å². The number of nitrogens with one attached hydrogen (secondary N) is 1. The molecule has 4 heteroatoms. The van der Waals surface area contributed by atoms with E-state index in [4.69, 9.17) is 0 Å². The first kappa shape index (κ1) is 16.0. The van der Waals surface area contributed by atoms with Crippen molar-refractivity contribution in [3.8, 4) is 0 Å². The molecule has 2 unspecified atom stereocenters. The van der Waals surface area contributed by atoms with Gasteiger partial charge >= 0.3 is 0 Å². The Bertz CT molecular complexity index is 313. The van der Waals surface area contributed by atoms with Crippen LogP contribution in [0.4, 0.5) is 0 Å². The van der Waals surface area contributed by atoms with Crippen LogP contribution in [0.2, 0.25) is 0 Å². The van der Waals surface area contributed by atoms with E-state index in [9.17, 15) is 9.59 Å². The first-order valence-electron chi connectivity index (χ1n) is 7.69. The molecule has 1 rings (SSSR count). The molecule has 0 radical (unpaired) electrons. The summed E-state index contributed by atoms with van der Waals surface area (Å²) in [4.78, 5) is 26.5. The van der Waals surface area contributed by atoms with Crippen LogP contribution >= 0.6 is 0 Å². The van der Waals surface area contributed by atoms with E-state index in [2.05, 4.69) is 19.2 Å². The summed E-state index contributed by atoms with van der Waals surface area (Å²) in [5.74, 6) is 0.623. The molecule has 1 aliphatic rings. The summed E-state index contributed by atoms with van der Waals surface area (Å²) in [5.41, 5.74) is 0. The summed E-state index contributed by atoms with van der Waals surface area (Å²) in [7, 11) is 0. The Labute approximate surface area is 116 Å². The zero-order chi connectivity index (χ0) is 14.4. The molecule has 0 saturated carbocycles. The molecule has 0 aliphatic carbocycles. The molecule has 0 aromatic rings. The number of piperazine rings is 1. The Hall–Kier alpha value is -1.06. The molecule has 2 atom stereocenters. The van der Waals surface area contributed by atoms with Gasteiger partial charge in [-0.05, 0) is 18.8 Å². The smallest absolute Gasteiger partial charge is 0.245 e. The normalized spacial score (nSPS) is 23.9. The highest BCUT2D eigenvalue weighted by Crippen LogP contribution is 2.20. The SMILES string of the molecule is CCCC1NC(=O)C(CC)N(CC(CC)CC)C1=O. The molecule has 1 saturated heterocycles. The lowest BCUT2D eigenvalue weighted by Gasteiger charge is -2.40. The molecule has 1 heterocycles. The molecule has 1 aliphatic heterocycles. The van der Waals surface area contributed by atoms with Gasteiger partial charge in [0.25, 0.3) is 0 Å². The summed E-state index contributed by atoms with van der Waals surface area (Å²) in [5, 5.41) is 2.88. The number of carbonyl (C=O) groups is 2. The van der Waals surface area contributed by atoms with Crippen LogP contribution < -0.4 is 5.32 Å². The summed E-state index contributed by atoms with van der Waals surface area (Å²) >= 11 is 0. The molecule has 0 bridgehead atoms. The minimum absolute atomic E-state index is 0.0199. The van der Waals surface area contributed by atoms with Gasteiger partial charge in [-0.25, -0.2) is 0 Å². The molecule has 0 aromatic carbocycles. The standard InChI is InChI=1S/C15H28N2O2/c1-5-9-12-15(19)17(10-11(6-2)7-3)13(8-4)14(18)16-12/h11-13H,5-10H2,1-4H3,(H,16,18). The number of nitrogens with zero attached hydrogens (tertiary/aromatic N) is 1. The number of amides is 2. The number of carbonyl (C=O) groups excluding carboxylic acids is 2. The number of hydrogen-bond donors (Lipinski definition) is 1. The van der Waals surface area contributed by atoms with E-state index in [1.54, 1.807) is 0 Å². The zero-order valence-corrected chi connectivity index (χ0v) is 12.7. The van der Waals surface area contributed by atoms with Crippen molar-refractivity contribution in [3.05, 3.63) is 0 Å². The molecule has 0 spiro atoms. The van der Waals surface area contributed by atoms with Crippen molar-refractivity contribution in [2.45, 2.75) is 71.9 Å². The molecule has 1 N–H and O–H groups in total. The molecular formula is C15H28N2O2. The van der Waals surface area contributed by atoms with Crippen molar-refractivity contribution in [2.75, 3.05) is 6.54 Å². The van der Waals surface area contributed by atoms with Crippen molar-refractivity contribution in [1.29, 1.82) is 0 Å². The molecular weight excluding hydrogens is 240 g/mol. The van der Waals surface area contributed by atoms with Crippen LogP contribution in [-0.2, 0) is 9.59 Å². The molecule has 19 heavy (non-hydrogen) atoms. The molecule has 4 nitrogen and oxygen atoms in total. The summed E-state index contributed by atoms with van der Waals surface area (Å²) < 4.78 is 0. The van der Waals surface area contributed by atoms with Gasteiger partial charge in [-0.1, -0.05) is 47.0 Å². The van der Waals surface area contributed by atoms with E-state index >= 15 is 0 Å². The van der Waals surface area contributed by atoms with Gasteiger partial charge in [0.15, 0.2) is 0 Å². The lowest BCUT2D eigenvalue weighted by molar-refractivity contribution is -0.150. The minimum atomic E-state index is -0.310. The second-order valence-electron chi connectivity index (χ2n) is 5.45. The van der Waals surface area contributed by atoms with Gasteiger partial charge in [0.2, 0.25) is 11.8 Å². The third-order valence-electron chi connectivity index (χ3n) is 4.15. The van der Waals surface area contributed by atoms with E-state index in [0.29, 0.717) is 12.3 Å². The van der Waals surface area contributed by atoms with Crippen LogP contribution in [0.5, 0.6) is 0 Å². The van der Waals surface area contributed by atoms with Crippen molar-refractivity contribution in [2.24, 2.45) is 5.92 Å². The summed E-state index contributed by atoms with van der Waals surface area (Å²) in [6, 6.07) is -0.587. The van der Waals surface area contributed by atoms with E-state index < -0.39 is 0 Å². The van der Waals surface area contributed by atoms with Gasteiger partial charge in [-0.2, -0.15) is 0 Å². The first-order valence-corrected chi connectivity index (χ1v) is 7.69. The average Bonchev–Trinajstić information content (AvgIpc) is 2.41. The Balaban J connectivity index is 2.85. The highest BCUT2D eigenvalue weighted by Gasteiger charge is 2.39. The van der Waals surface area contributed by atoms with Crippen LogP contribution in [0.3, 0.4) is 0 Å². The fourth-order valence-corrected chi connectivity index (χ4v) is 2.76. The van der Waals surface area contributed by atoms with E-state index in [1.807, 2.05) is 18.7 Å². The van der Waals surface area contributed by atoms with Crippen molar-refractivity contribution in [1.82, 2.24) is 10.2 Å². The van der Waals surface area contributed by atoms with E-state index in [1.165, 1.54) is 0 Å². The highest BCUT2D eigenvalue weighted by molar-refractivity contribution is 5.96. The van der Waals surface area contributed by atoms with Crippen LogP contribution in [0.25, 0.3) is 0 Å². The van der Waals surface area contributed by atoms with Gasteiger partial charge in [0.05, 0.1) is 0 Å². The van der Waals surface area contributed by atoms with Crippen LogP contribution in [0.15, 0.2) is 0 Å². The van der Waals surface area contributed by atoms with E-state index in [0.717, 1.165) is 32.2 Å². The fourth-order valence-electron chi connectivity index (χ4n) is 2.76. The maximum atomic E-state index is 12.5. The minimum Gasteiger partial charge on any atom is -0.343 e. The second-order valence-corrected chi connectivity index (χ2v) is 5.45. The van der Waals surface area contributed by atoms with Crippen molar-refractivity contribution in [3.63, 3.8) is 0 Å². The van der Waals surface area contributed by atoms with Crippen LogP contribution in [0.1, 0.15) is 59.8 Å². The van der Waals surface area contributed by atoms with Crippen LogP contribution in [-0.4, -0.2) is 35.3 Å². The molecule has 1 fully saturated rings. The predicted molar refractivity (Wildman–Crippen MR) is 76.7 cm³/mol. The summed E-state index contributed by atoms with van der Waals surface area (Å²) in [6.07, 6.45) is 4.44. The number of hydrogen-bond acceptors (Lipinski definition) is 2. The lowest BCUT2D eigenvalue weighted by atomic mass is 9.97. The monoisotopic (exact) mass is 268 g/mol. The maximum absolute atomic E-state index is 12.5. The second kappa shape index (κ2) is 7.51. The van der Waals surface area contributed by atoms with E-state index in [-0.39, 0.29) is 23.9 Å². The Morgan fingerprint density at radius 1 is 1.16 bits per heavy atom. The topological polar surface area (TPSA) is 49.4 Å². The lowest BCUT2D eigenvalue weighted by Crippen LogP contribution is -2.63. The first-order chi connectivity index (χ1) is 9.08. The summed E-state index contributed by atoms with van der Waals surface area (Å²) in [6.45, 7) is 9.02. The van der Waals surface area contributed by atoms with Crippen LogP contribution in [0, 0.1) is 5.92 Å². The van der Waals surface area contributed by atoms with Gasteiger partial charge < -0.3 is 10.2 Å². The fraction of sp³-hybridized carbons (Fsp3) is 0.867. The van der Waals surface area contributed by atoms with Gasteiger partial charge in [-0.3, -0.25) is 9.59 Å². The highest BCUT2D eigenvalue weighted by atomic mass is 16.2. The number of rotatable bonds is 7.